The lowest BCUT2D eigenvalue weighted by Gasteiger charge is -2.44. The van der Waals surface area contributed by atoms with Crippen LogP contribution in [0.2, 0.25) is 0 Å². The van der Waals surface area contributed by atoms with E-state index in [0.29, 0.717) is 6.42 Å². The van der Waals surface area contributed by atoms with Gasteiger partial charge < -0.3 is 14.5 Å². The molecule has 154 valence electrons. The van der Waals surface area contributed by atoms with Crippen LogP contribution in [0.25, 0.3) is 0 Å². The summed E-state index contributed by atoms with van der Waals surface area (Å²) in [6.45, 7) is 4.54. The summed E-state index contributed by atoms with van der Waals surface area (Å²) in [5.41, 5.74) is 0. The first-order valence-electron chi connectivity index (χ1n) is 10.5. The number of carbonyl (C=O) groups excluding carboxylic acids is 2. The van der Waals surface area contributed by atoms with Gasteiger partial charge in [0.1, 0.15) is 5.75 Å². The van der Waals surface area contributed by atoms with Crippen LogP contribution in [0.5, 0.6) is 5.75 Å². The predicted octanol–water partition coefficient (Wildman–Crippen LogP) is 3.93. The van der Waals surface area contributed by atoms with Crippen molar-refractivity contribution in [3.63, 3.8) is 0 Å². The molecule has 0 saturated carbocycles. The fourth-order valence-electron chi connectivity index (χ4n) is 4.08. The van der Waals surface area contributed by atoms with E-state index in [9.17, 15) is 9.59 Å². The van der Waals surface area contributed by atoms with Crippen LogP contribution in [0.1, 0.15) is 51.9 Å². The second kappa shape index (κ2) is 10.2. The van der Waals surface area contributed by atoms with Crippen LogP contribution < -0.4 is 4.74 Å². The zero-order valence-corrected chi connectivity index (χ0v) is 17.7. The summed E-state index contributed by atoms with van der Waals surface area (Å²) in [5.74, 6) is 2.01. The van der Waals surface area contributed by atoms with E-state index in [-0.39, 0.29) is 23.3 Å². The van der Waals surface area contributed by atoms with E-state index in [2.05, 4.69) is 6.92 Å². The number of benzene rings is 1. The third-order valence-corrected chi connectivity index (χ3v) is 7.28. The topological polar surface area (TPSA) is 49.9 Å². The molecular formula is C22H32N2O3S. The lowest BCUT2D eigenvalue weighted by Crippen LogP contribution is -2.54. The molecule has 3 rings (SSSR count). The number of nitrogens with zero attached hydrogens (tertiary/aromatic N) is 2. The summed E-state index contributed by atoms with van der Waals surface area (Å²) in [6.07, 6.45) is 6.90. The van der Waals surface area contributed by atoms with E-state index < -0.39 is 0 Å². The number of unbranched alkanes of at least 4 members (excludes halogenated alkanes) is 3. The van der Waals surface area contributed by atoms with Gasteiger partial charge in [0, 0.05) is 31.8 Å². The summed E-state index contributed by atoms with van der Waals surface area (Å²) in [4.78, 5) is 29.1. The molecule has 0 aliphatic carbocycles. The normalized spacial score (nSPS) is 18.5. The highest BCUT2D eigenvalue weighted by molar-refractivity contribution is 8.00. The molecule has 2 fully saturated rings. The van der Waals surface area contributed by atoms with Crippen molar-refractivity contribution in [3.05, 3.63) is 30.3 Å². The Morgan fingerprint density at radius 2 is 1.79 bits per heavy atom. The molecule has 28 heavy (non-hydrogen) atoms. The molecule has 2 saturated heterocycles. The number of hydrogen-bond acceptors (Lipinski definition) is 4. The van der Waals surface area contributed by atoms with Gasteiger partial charge in [-0.3, -0.25) is 9.59 Å². The molecule has 5 nitrogen and oxygen atoms in total. The van der Waals surface area contributed by atoms with Crippen molar-refractivity contribution in [2.24, 2.45) is 0 Å². The van der Waals surface area contributed by atoms with Crippen molar-refractivity contribution in [1.82, 2.24) is 9.80 Å². The minimum absolute atomic E-state index is 0.0493. The van der Waals surface area contributed by atoms with Crippen LogP contribution in [0.3, 0.4) is 0 Å². The van der Waals surface area contributed by atoms with E-state index in [1.54, 1.807) is 0 Å². The Hall–Kier alpha value is -1.69. The SMILES string of the molecule is CCCCCCC(=O)N1CCC2(CC1)SCCN2C(=O)COc1ccccc1. The van der Waals surface area contributed by atoms with Crippen molar-refractivity contribution in [3.8, 4) is 5.75 Å². The maximum Gasteiger partial charge on any atom is 0.261 e. The van der Waals surface area contributed by atoms with Crippen LogP contribution >= 0.6 is 11.8 Å². The highest BCUT2D eigenvalue weighted by Gasteiger charge is 2.46. The van der Waals surface area contributed by atoms with E-state index in [1.807, 2.05) is 51.9 Å². The van der Waals surface area contributed by atoms with Gasteiger partial charge in [0.05, 0.1) is 4.87 Å². The standard InChI is InChI=1S/C22H32N2O3S/c1-2-3-4-8-11-20(25)23-14-12-22(13-15-23)24(16-17-28-22)21(26)18-27-19-9-6-5-7-10-19/h5-7,9-10H,2-4,8,11-18H2,1H3. The number of thioether (sulfide) groups is 1. The maximum atomic E-state index is 12.8. The number of likely N-dealkylation sites (tertiary alicyclic amines) is 1. The molecule has 1 spiro atoms. The molecule has 0 bridgehead atoms. The number of ether oxygens (including phenoxy) is 1. The largest absolute Gasteiger partial charge is 0.484 e. The second-order valence-electron chi connectivity index (χ2n) is 7.63. The maximum absolute atomic E-state index is 12.8. The fourth-order valence-corrected chi connectivity index (χ4v) is 5.56. The van der Waals surface area contributed by atoms with Gasteiger partial charge in [0.15, 0.2) is 6.61 Å². The van der Waals surface area contributed by atoms with Gasteiger partial charge in [-0.1, -0.05) is 44.4 Å². The minimum atomic E-state index is -0.157. The average molecular weight is 405 g/mol. The van der Waals surface area contributed by atoms with E-state index >= 15 is 0 Å². The molecule has 0 atom stereocenters. The first kappa shape index (κ1) is 21.0. The molecular weight excluding hydrogens is 372 g/mol. The average Bonchev–Trinajstić information content (AvgIpc) is 3.13. The third kappa shape index (κ3) is 5.22. The lowest BCUT2D eigenvalue weighted by molar-refractivity contribution is -0.138. The Bertz CT molecular complexity index is 644. The number of carbonyl (C=O) groups is 2. The van der Waals surface area contributed by atoms with Gasteiger partial charge in [-0.25, -0.2) is 0 Å². The summed E-state index contributed by atoms with van der Waals surface area (Å²) in [5, 5.41) is 0. The molecule has 0 N–H and O–H groups in total. The number of piperidine rings is 1. The lowest BCUT2D eigenvalue weighted by atomic mass is 10.0. The second-order valence-corrected chi connectivity index (χ2v) is 9.09. The van der Waals surface area contributed by atoms with Crippen LogP contribution in [-0.2, 0) is 9.59 Å². The first-order valence-corrected chi connectivity index (χ1v) is 11.5. The van der Waals surface area contributed by atoms with Gasteiger partial charge in [-0.15, -0.1) is 11.8 Å². The summed E-state index contributed by atoms with van der Waals surface area (Å²) >= 11 is 1.87. The van der Waals surface area contributed by atoms with E-state index in [0.717, 1.165) is 56.8 Å². The fraction of sp³-hybridized carbons (Fsp3) is 0.636. The number of para-hydroxylation sites is 1. The molecule has 0 aromatic heterocycles. The van der Waals surface area contributed by atoms with Gasteiger partial charge in [0.2, 0.25) is 5.91 Å². The molecule has 2 amide bonds. The van der Waals surface area contributed by atoms with Gasteiger partial charge in [-0.05, 0) is 31.4 Å². The Morgan fingerprint density at radius 1 is 1.04 bits per heavy atom. The Labute approximate surface area is 172 Å². The molecule has 0 unspecified atom stereocenters. The molecule has 1 aromatic rings. The van der Waals surface area contributed by atoms with Crippen molar-refractivity contribution >= 4 is 23.6 Å². The van der Waals surface area contributed by atoms with E-state index in [4.69, 9.17) is 4.74 Å². The number of hydrogen-bond donors (Lipinski definition) is 0. The molecule has 6 heteroatoms. The Balaban J connectivity index is 1.48. The quantitative estimate of drug-likeness (QED) is 0.616. The van der Waals surface area contributed by atoms with Gasteiger partial charge >= 0.3 is 0 Å². The molecule has 0 radical (unpaired) electrons. The summed E-state index contributed by atoms with van der Waals surface area (Å²) < 4.78 is 5.67. The van der Waals surface area contributed by atoms with Gasteiger partial charge in [0.25, 0.3) is 5.91 Å². The zero-order chi connectivity index (χ0) is 19.8. The molecule has 2 aliphatic rings. The van der Waals surface area contributed by atoms with Gasteiger partial charge in [-0.2, -0.15) is 0 Å². The van der Waals surface area contributed by atoms with Crippen LogP contribution in [0.15, 0.2) is 30.3 Å². The van der Waals surface area contributed by atoms with Crippen molar-refractivity contribution in [1.29, 1.82) is 0 Å². The highest BCUT2D eigenvalue weighted by Crippen LogP contribution is 2.44. The van der Waals surface area contributed by atoms with E-state index in [1.165, 1.54) is 12.8 Å². The first-order chi connectivity index (χ1) is 13.6. The van der Waals surface area contributed by atoms with Crippen LogP contribution in [0.4, 0.5) is 0 Å². The Kier molecular flexibility index (Phi) is 7.65. The number of rotatable bonds is 8. The van der Waals surface area contributed by atoms with Crippen molar-refractivity contribution in [2.75, 3.05) is 32.0 Å². The zero-order valence-electron chi connectivity index (χ0n) is 16.9. The number of amides is 2. The minimum Gasteiger partial charge on any atom is -0.484 e. The van der Waals surface area contributed by atoms with Crippen molar-refractivity contribution in [2.45, 2.75) is 56.7 Å². The Morgan fingerprint density at radius 3 is 2.50 bits per heavy atom. The summed E-state index contributed by atoms with van der Waals surface area (Å²) in [7, 11) is 0. The monoisotopic (exact) mass is 404 g/mol. The molecule has 2 heterocycles. The third-order valence-electron chi connectivity index (χ3n) is 5.73. The molecule has 2 aliphatic heterocycles. The molecule has 1 aromatic carbocycles. The smallest absolute Gasteiger partial charge is 0.261 e. The van der Waals surface area contributed by atoms with Crippen LogP contribution in [0, 0.1) is 0 Å². The van der Waals surface area contributed by atoms with Crippen LogP contribution in [-0.4, -0.2) is 58.5 Å². The predicted molar refractivity (Wildman–Crippen MR) is 113 cm³/mol. The summed E-state index contributed by atoms with van der Waals surface area (Å²) in [6, 6.07) is 9.47. The highest BCUT2D eigenvalue weighted by atomic mass is 32.2. The van der Waals surface area contributed by atoms with Crippen molar-refractivity contribution < 1.29 is 14.3 Å².